The van der Waals surface area contributed by atoms with Gasteiger partial charge in [-0.2, -0.15) is 5.26 Å². The van der Waals surface area contributed by atoms with Gasteiger partial charge >= 0.3 is 0 Å². The second-order valence-corrected chi connectivity index (χ2v) is 5.51. The standard InChI is InChI=1S/C17H14BrNO2/c1-11-7-8-15(18)13(9-11)17(20)14(10-19)12-5-3-4-6-16(12)21-2/h3-9,14H,1-2H3. The van der Waals surface area contributed by atoms with Crippen LogP contribution in [0.5, 0.6) is 5.75 Å². The predicted molar refractivity (Wildman–Crippen MR) is 84.6 cm³/mol. The number of hydrogen-bond acceptors (Lipinski definition) is 3. The number of halogens is 1. The summed E-state index contributed by atoms with van der Waals surface area (Å²) in [7, 11) is 1.53. The van der Waals surface area contributed by atoms with Crippen molar-refractivity contribution in [3.05, 3.63) is 63.6 Å². The zero-order valence-corrected chi connectivity index (χ0v) is 13.3. The van der Waals surface area contributed by atoms with Crippen molar-refractivity contribution in [3.8, 4) is 11.8 Å². The molecule has 1 unspecified atom stereocenters. The van der Waals surface area contributed by atoms with Crippen LogP contribution in [0.3, 0.4) is 0 Å². The van der Waals surface area contributed by atoms with Crippen LogP contribution in [0.1, 0.15) is 27.4 Å². The average Bonchev–Trinajstić information content (AvgIpc) is 2.50. The Balaban J connectivity index is 2.49. The fourth-order valence-electron chi connectivity index (χ4n) is 2.16. The third-order valence-corrected chi connectivity index (χ3v) is 3.92. The average molecular weight is 344 g/mol. The van der Waals surface area contributed by atoms with Crippen molar-refractivity contribution in [3.63, 3.8) is 0 Å². The molecule has 0 saturated carbocycles. The molecular formula is C17H14BrNO2. The lowest BCUT2D eigenvalue weighted by atomic mass is 9.90. The number of aryl methyl sites for hydroxylation is 1. The van der Waals surface area contributed by atoms with E-state index >= 15 is 0 Å². The largest absolute Gasteiger partial charge is 0.496 e. The highest BCUT2D eigenvalue weighted by molar-refractivity contribution is 9.10. The highest BCUT2D eigenvalue weighted by Crippen LogP contribution is 2.31. The fraction of sp³-hybridized carbons (Fsp3) is 0.176. The molecule has 0 fully saturated rings. The Morgan fingerprint density at radius 1 is 1.29 bits per heavy atom. The molecule has 0 saturated heterocycles. The van der Waals surface area contributed by atoms with Crippen LogP contribution >= 0.6 is 15.9 Å². The smallest absolute Gasteiger partial charge is 0.185 e. The molecule has 2 aromatic rings. The van der Waals surface area contributed by atoms with E-state index in [0.29, 0.717) is 21.3 Å². The van der Waals surface area contributed by atoms with Crippen LogP contribution in [0.25, 0.3) is 0 Å². The van der Waals surface area contributed by atoms with E-state index in [-0.39, 0.29) is 5.78 Å². The quantitative estimate of drug-likeness (QED) is 0.779. The summed E-state index contributed by atoms with van der Waals surface area (Å²) in [4.78, 5) is 12.7. The van der Waals surface area contributed by atoms with E-state index < -0.39 is 5.92 Å². The number of Topliss-reactive ketones (excluding diaryl/α,β-unsaturated/α-hetero) is 1. The number of nitriles is 1. The summed E-state index contributed by atoms with van der Waals surface area (Å²) in [6.45, 7) is 1.91. The van der Waals surface area contributed by atoms with Crippen LogP contribution in [0, 0.1) is 18.3 Å². The summed E-state index contributed by atoms with van der Waals surface area (Å²) >= 11 is 3.38. The molecule has 0 heterocycles. The first-order valence-corrected chi connectivity index (χ1v) is 7.20. The van der Waals surface area contributed by atoms with Crippen LogP contribution in [-0.2, 0) is 0 Å². The number of ether oxygens (including phenoxy) is 1. The number of rotatable bonds is 4. The molecule has 0 spiro atoms. The molecule has 2 aromatic carbocycles. The molecule has 3 nitrogen and oxygen atoms in total. The van der Waals surface area contributed by atoms with Gasteiger partial charge in [-0.05, 0) is 25.1 Å². The Labute approximate surface area is 132 Å². The molecule has 0 aromatic heterocycles. The summed E-state index contributed by atoms with van der Waals surface area (Å²) < 4.78 is 5.94. The van der Waals surface area contributed by atoms with Crippen molar-refractivity contribution in [2.24, 2.45) is 0 Å². The summed E-state index contributed by atoms with van der Waals surface area (Å²) in [5, 5.41) is 9.45. The Bertz CT molecular complexity index is 719. The van der Waals surface area contributed by atoms with Crippen LogP contribution in [0.2, 0.25) is 0 Å². The van der Waals surface area contributed by atoms with Gasteiger partial charge in [-0.3, -0.25) is 4.79 Å². The fourth-order valence-corrected chi connectivity index (χ4v) is 2.60. The van der Waals surface area contributed by atoms with Crippen LogP contribution < -0.4 is 4.74 Å². The Kier molecular flexibility index (Phi) is 4.77. The Hall–Kier alpha value is -2.12. The summed E-state index contributed by atoms with van der Waals surface area (Å²) in [5.74, 6) is -0.585. The van der Waals surface area contributed by atoms with Gasteiger partial charge in [0.15, 0.2) is 5.78 Å². The van der Waals surface area contributed by atoms with Gasteiger partial charge in [-0.1, -0.05) is 45.8 Å². The van der Waals surface area contributed by atoms with Gasteiger partial charge in [0.1, 0.15) is 11.7 Å². The van der Waals surface area contributed by atoms with Crippen molar-refractivity contribution >= 4 is 21.7 Å². The van der Waals surface area contributed by atoms with E-state index in [2.05, 4.69) is 22.0 Å². The van der Waals surface area contributed by atoms with E-state index in [9.17, 15) is 10.1 Å². The second kappa shape index (κ2) is 6.55. The molecule has 0 radical (unpaired) electrons. The number of nitrogens with zero attached hydrogens (tertiary/aromatic N) is 1. The van der Waals surface area contributed by atoms with Crippen molar-refractivity contribution in [1.82, 2.24) is 0 Å². The van der Waals surface area contributed by atoms with Gasteiger partial charge in [-0.15, -0.1) is 0 Å². The third-order valence-electron chi connectivity index (χ3n) is 3.23. The SMILES string of the molecule is COc1ccccc1C(C#N)C(=O)c1cc(C)ccc1Br. The van der Waals surface area contributed by atoms with Gasteiger partial charge in [0, 0.05) is 15.6 Å². The van der Waals surface area contributed by atoms with Gasteiger partial charge in [-0.25, -0.2) is 0 Å². The lowest BCUT2D eigenvalue weighted by molar-refractivity contribution is 0.0977. The van der Waals surface area contributed by atoms with Crippen LogP contribution in [-0.4, -0.2) is 12.9 Å². The maximum Gasteiger partial charge on any atom is 0.185 e. The number of para-hydroxylation sites is 1. The van der Waals surface area contributed by atoms with Crippen molar-refractivity contribution < 1.29 is 9.53 Å². The first kappa shape index (κ1) is 15.3. The van der Waals surface area contributed by atoms with Gasteiger partial charge in [0.05, 0.1) is 13.2 Å². The number of benzene rings is 2. The minimum atomic E-state index is -0.890. The highest BCUT2D eigenvalue weighted by atomic mass is 79.9. The first-order valence-electron chi connectivity index (χ1n) is 6.41. The number of carbonyl (C=O) groups excluding carboxylic acids is 1. The Morgan fingerprint density at radius 3 is 2.67 bits per heavy atom. The third kappa shape index (κ3) is 3.14. The summed E-state index contributed by atoms with van der Waals surface area (Å²) in [5.41, 5.74) is 2.06. The molecule has 0 bridgehead atoms. The lowest BCUT2D eigenvalue weighted by Crippen LogP contribution is -2.13. The number of hydrogen-bond donors (Lipinski definition) is 0. The van der Waals surface area contributed by atoms with Crippen LogP contribution in [0.15, 0.2) is 46.9 Å². The number of carbonyl (C=O) groups is 1. The topological polar surface area (TPSA) is 50.1 Å². The lowest BCUT2D eigenvalue weighted by Gasteiger charge is -2.14. The molecular weight excluding hydrogens is 330 g/mol. The number of methoxy groups -OCH3 is 1. The molecule has 106 valence electrons. The van der Waals surface area contributed by atoms with E-state index in [1.807, 2.05) is 25.1 Å². The summed E-state index contributed by atoms with van der Waals surface area (Å²) in [6, 6.07) is 14.7. The number of ketones is 1. The molecule has 1 atom stereocenters. The normalized spacial score (nSPS) is 11.5. The molecule has 0 amide bonds. The minimum Gasteiger partial charge on any atom is -0.496 e. The van der Waals surface area contributed by atoms with Gasteiger partial charge in [0.25, 0.3) is 0 Å². The van der Waals surface area contributed by atoms with E-state index in [0.717, 1.165) is 5.56 Å². The zero-order chi connectivity index (χ0) is 15.4. The molecule has 0 N–H and O–H groups in total. The van der Waals surface area contributed by atoms with Crippen molar-refractivity contribution in [2.75, 3.05) is 7.11 Å². The molecule has 2 rings (SSSR count). The van der Waals surface area contributed by atoms with E-state index in [4.69, 9.17) is 4.74 Å². The molecule has 4 heteroatoms. The zero-order valence-electron chi connectivity index (χ0n) is 11.8. The predicted octanol–water partition coefficient (Wildman–Crippen LogP) is 4.26. The molecule has 0 aliphatic heterocycles. The molecule has 21 heavy (non-hydrogen) atoms. The highest BCUT2D eigenvalue weighted by Gasteiger charge is 2.26. The summed E-state index contributed by atoms with van der Waals surface area (Å²) in [6.07, 6.45) is 0. The van der Waals surface area contributed by atoms with E-state index in [1.165, 1.54) is 7.11 Å². The van der Waals surface area contributed by atoms with Crippen molar-refractivity contribution in [2.45, 2.75) is 12.8 Å². The maximum absolute atomic E-state index is 12.7. The molecule has 0 aliphatic carbocycles. The van der Waals surface area contributed by atoms with Gasteiger partial charge in [0.2, 0.25) is 0 Å². The first-order chi connectivity index (χ1) is 10.1. The maximum atomic E-state index is 12.7. The van der Waals surface area contributed by atoms with Crippen molar-refractivity contribution in [1.29, 1.82) is 5.26 Å². The Morgan fingerprint density at radius 2 is 2.00 bits per heavy atom. The van der Waals surface area contributed by atoms with Crippen LogP contribution in [0.4, 0.5) is 0 Å². The minimum absolute atomic E-state index is 0.238. The van der Waals surface area contributed by atoms with E-state index in [1.54, 1.807) is 24.3 Å². The second-order valence-electron chi connectivity index (χ2n) is 4.65. The monoisotopic (exact) mass is 343 g/mol. The molecule has 0 aliphatic rings. The van der Waals surface area contributed by atoms with Gasteiger partial charge < -0.3 is 4.74 Å².